The Balaban J connectivity index is 0. The fraction of sp³-hybridized carbons (Fsp3) is 0.875. The van der Waals surface area contributed by atoms with Crippen LogP contribution in [0.5, 0.6) is 0 Å². The lowest BCUT2D eigenvalue weighted by Gasteiger charge is -2.32. The highest BCUT2D eigenvalue weighted by molar-refractivity contribution is 5.86. The molecule has 0 radical (unpaired) electrons. The molecule has 0 heterocycles. The molecule has 0 unspecified atom stereocenters. The Hall–Kier alpha value is -2.03. The number of amides is 3. The highest BCUT2D eigenvalue weighted by atomic mass is 16.6. The summed E-state index contributed by atoms with van der Waals surface area (Å²) in [5.74, 6) is -0.233. The number of hydrogen-bond acceptors (Lipinski definition) is 6. The molecule has 196 valence electrons. The molecule has 2 atom stereocenters. The number of nitrogens with one attached hydrogen (secondary N) is 4. The Labute approximate surface area is 201 Å². The lowest BCUT2D eigenvalue weighted by atomic mass is 9.86. The van der Waals surface area contributed by atoms with Gasteiger partial charge in [0.1, 0.15) is 17.2 Å². The van der Waals surface area contributed by atoms with Crippen molar-refractivity contribution in [3.05, 3.63) is 0 Å². The summed E-state index contributed by atoms with van der Waals surface area (Å²) < 4.78 is 10.4. The van der Waals surface area contributed by atoms with Crippen molar-refractivity contribution in [3.8, 4) is 0 Å². The van der Waals surface area contributed by atoms with Gasteiger partial charge in [0, 0.05) is 19.6 Å². The minimum Gasteiger partial charge on any atom is -0.444 e. The van der Waals surface area contributed by atoms with Crippen molar-refractivity contribution in [2.75, 3.05) is 20.6 Å². The summed E-state index contributed by atoms with van der Waals surface area (Å²) in [5, 5.41) is 11.1. The maximum Gasteiger partial charge on any atom is 0.408 e. The Bertz CT molecular complexity index is 623. The average Bonchev–Trinajstić information content (AvgIpc) is 2.54. The molecule has 9 heteroatoms. The number of likely N-dealkylation sites (N-methyl/N-ethyl adjacent to an activating group) is 2. The Morgan fingerprint density at radius 2 is 1.06 bits per heavy atom. The first-order chi connectivity index (χ1) is 14.5. The van der Waals surface area contributed by atoms with E-state index in [9.17, 15) is 14.4 Å². The Kier molecular flexibility index (Phi) is 13.1. The molecule has 0 aromatic heterocycles. The van der Waals surface area contributed by atoms with Gasteiger partial charge >= 0.3 is 12.2 Å². The molecule has 4 N–H and O–H groups in total. The van der Waals surface area contributed by atoms with E-state index in [1.165, 1.54) is 7.05 Å². The van der Waals surface area contributed by atoms with Gasteiger partial charge in [0.25, 0.3) is 0 Å². The molecule has 0 bridgehead atoms. The molecule has 0 spiro atoms. The molecule has 0 aliphatic rings. The van der Waals surface area contributed by atoms with Gasteiger partial charge in [-0.2, -0.15) is 0 Å². The molecule has 9 nitrogen and oxygen atoms in total. The van der Waals surface area contributed by atoms with Crippen molar-refractivity contribution in [3.63, 3.8) is 0 Å². The van der Waals surface area contributed by atoms with Crippen LogP contribution in [0.25, 0.3) is 0 Å². The third kappa shape index (κ3) is 17.2. The largest absolute Gasteiger partial charge is 0.444 e. The third-order valence-electron chi connectivity index (χ3n) is 4.18. The normalized spacial score (nSPS) is 14.1. The number of rotatable bonds is 5. The van der Waals surface area contributed by atoms with E-state index in [1.807, 2.05) is 48.6 Å². The third-order valence-corrected chi connectivity index (χ3v) is 4.18. The maximum atomic E-state index is 11.7. The van der Waals surface area contributed by atoms with Crippen molar-refractivity contribution < 1.29 is 23.9 Å². The molecule has 3 amide bonds. The second-order valence-corrected chi connectivity index (χ2v) is 12.2. The molecule has 0 aromatic carbocycles. The van der Waals surface area contributed by atoms with Crippen LogP contribution in [0.2, 0.25) is 0 Å². The van der Waals surface area contributed by atoms with Crippen LogP contribution < -0.4 is 21.3 Å². The van der Waals surface area contributed by atoms with Gasteiger partial charge in [-0.25, -0.2) is 9.59 Å². The fourth-order valence-corrected chi connectivity index (χ4v) is 2.47. The predicted molar refractivity (Wildman–Crippen MR) is 133 cm³/mol. The van der Waals surface area contributed by atoms with Crippen LogP contribution in [-0.2, 0) is 14.3 Å². The highest BCUT2D eigenvalue weighted by Crippen LogP contribution is 2.20. The number of carbonyl (C=O) groups excluding carboxylic acids is 3. The monoisotopic (exact) mass is 474 g/mol. The van der Waals surface area contributed by atoms with Crippen LogP contribution >= 0.6 is 0 Å². The summed E-state index contributed by atoms with van der Waals surface area (Å²) >= 11 is 0. The molecule has 33 heavy (non-hydrogen) atoms. The molecular formula is C24H50N4O5. The summed E-state index contributed by atoms with van der Waals surface area (Å²) in [4.78, 5) is 34.9. The molecule has 0 rings (SSSR count). The van der Waals surface area contributed by atoms with Gasteiger partial charge in [-0.15, -0.1) is 0 Å². The smallest absolute Gasteiger partial charge is 0.408 e. The molecule has 0 aliphatic carbocycles. The second kappa shape index (κ2) is 13.0. The first-order valence-corrected chi connectivity index (χ1v) is 11.4. The second-order valence-electron chi connectivity index (χ2n) is 12.2. The summed E-state index contributed by atoms with van der Waals surface area (Å²) in [6.07, 6.45) is -0.941. The van der Waals surface area contributed by atoms with E-state index in [1.54, 1.807) is 20.8 Å². The van der Waals surface area contributed by atoms with Crippen molar-refractivity contribution in [1.29, 1.82) is 0 Å². The molecule has 0 saturated carbocycles. The zero-order valence-corrected chi connectivity index (χ0v) is 23.4. The number of alkyl carbamates (subject to hydrolysis) is 2. The van der Waals surface area contributed by atoms with E-state index in [2.05, 4.69) is 42.0 Å². The van der Waals surface area contributed by atoms with E-state index >= 15 is 0 Å². The standard InChI is InChI=1S/C12H24N2O3.C12H26N2O2/c1-11(2,3)8(9(15)13-7)14-10(16)17-12(4,5)6;1-11(2,3)9(8-13-7)14-10(15)16-12(4,5)6/h8H,1-7H3,(H,13,15)(H,14,16);9,13H,8H2,1-7H3,(H,14,15)/t8-;9-/m11/s1. The van der Waals surface area contributed by atoms with Crippen LogP contribution in [0, 0.1) is 10.8 Å². The highest BCUT2D eigenvalue weighted by Gasteiger charge is 2.33. The predicted octanol–water partition coefficient (Wildman–Crippen LogP) is 3.82. The Morgan fingerprint density at radius 3 is 1.33 bits per heavy atom. The van der Waals surface area contributed by atoms with Crippen LogP contribution in [0.3, 0.4) is 0 Å². The van der Waals surface area contributed by atoms with Crippen LogP contribution in [-0.4, -0.2) is 62.0 Å². The van der Waals surface area contributed by atoms with Gasteiger partial charge in [-0.3, -0.25) is 4.79 Å². The lowest BCUT2D eigenvalue weighted by molar-refractivity contribution is -0.125. The van der Waals surface area contributed by atoms with E-state index < -0.39 is 23.3 Å². The molecule has 0 aromatic rings. The average molecular weight is 475 g/mol. The van der Waals surface area contributed by atoms with E-state index in [0.717, 1.165) is 6.54 Å². The molecule has 0 aliphatic heterocycles. The van der Waals surface area contributed by atoms with Gasteiger partial charge in [0.15, 0.2) is 0 Å². The first-order valence-electron chi connectivity index (χ1n) is 11.4. The number of carbonyl (C=O) groups is 3. The number of ether oxygens (including phenoxy) is 2. The molecular weight excluding hydrogens is 424 g/mol. The van der Waals surface area contributed by atoms with E-state index in [-0.39, 0.29) is 28.9 Å². The van der Waals surface area contributed by atoms with Crippen molar-refractivity contribution in [2.24, 2.45) is 10.8 Å². The zero-order chi connectivity index (χ0) is 26.8. The van der Waals surface area contributed by atoms with Gasteiger partial charge in [0.05, 0.1) is 0 Å². The maximum absolute atomic E-state index is 11.7. The lowest BCUT2D eigenvalue weighted by Crippen LogP contribution is -2.53. The fourth-order valence-electron chi connectivity index (χ4n) is 2.47. The van der Waals surface area contributed by atoms with Crippen LogP contribution in [0.15, 0.2) is 0 Å². The minimum atomic E-state index is -0.623. The molecule has 0 saturated heterocycles. The van der Waals surface area contributed by atoms with Crippen molar-refractivity contribution >= 4 is 18.1 Å². The summed E-state index contributed by atoms with van der Waals surface area (Å²) in [6, 6.07) is -0.574. The zero-order valence-electron chi connectivity index (χ0n) is 23.4. The van der Waals surface area contributed by atoms with Crippen LogP contribution in [0.1, 0.15) is 83.1 Å². The van der Waals surface area contributed by atoms with Gasteiger partial charge in [-0.05, 0) is 59.4 Å². The SMILES string of the molecule is CNC(=O)[C@@H](NC(=O)OC(C)(C)C)C(C)(C)C.CNC[C@@H](NC(=O)OC(C)(C)C)C(C)(C)C. The van der Waals surface area contributed by atoms with Crippen molar-refractivity contribution in [2.45, 2.75) is 106 Å². The Morgan fingerprint density at radius 1 is 0.667 bits per heavy atom. The van der Waals surface area contributed by atoms with Gasteiger partial charge in [0.2, 0.25) is 5.91 Å². The summed E-state index contributed by atoms with van der Waals surface area (Å²) in [7, 11) is 3.41. The minimum absolute atomic E-state index is 0.0000850. The number of hydrogen-bond donors (Lipinski definition) is 4. The first kappa shape index (κ1) is 33.1. The van der Waals surface area contributed by atoms with E-state index in [4.69, 9.17) is 9.47 Å². The van der Waals surface area contributed by atoms with Gasteiger partial charge < -0.3 is 30.7 Å². The topological polar surface area (TPSA) is 118 Å². The molecule has 0 fully saturated rings. The van der Waals surface area contributed by atoms with Crippen molar-refractivity contribution in [1.82, 2.24) is 21.3 Å². The van der Waals surface area contributed by atoms with E-state index in [0.29, 0.717) is 0 Å². The van der Waals surface area contributed by atoms with Crippen LogP contribution in [0.4, 0.5) is 9.59 Å². The summed E-state index contributed by atoms with van der Waals surface area (Å²) in [5.41, 5.74) is -1.40. The summed E-state index contributed by atoms with van der Waals surface area (Å²) in [6.45, 7) is 23.5. The van der Waals surface area contributed by atoms with Gasteiger partial charge in [-0.1, -0.05) is 41.5 Å². The quantitative estimate of drug-likeness (QED) is 0.481.